The summed E-state index contributed by atoms with van der Waals surface area (Å²) in [4.78, 5) is 26.1. The highest BCUT2D eigenvalue weighted by Crippen LogP contribution is 2.34. The van der Waals surface area contributed by atoms with Crippen LogP contribution in [-0.4, -0.2) is 22.4 Å². The fraction of sp³-hybridized carbons (Fsp3) is 0.438. The predicted molar refractivity (Wildman–Crippen MR) is 76.1 cm³/mol. The molecule has 1 saturated heterocycles. The van der Waals surface area contributed by atoms with Crippen LogP contribution in [0.15, 0.2) is 24.3 Å². The van der Waals surface area contributed by atoms with Crippen LogP contribution in [0.1, 0.15) is 43.2 Å². The van der Waals surface area contributed by atoms with E-state index >= 15 is 0 Å². The Balaban J connectivity index is 1.85. The van der Waals surface area contributed by atoms with Gasteiger partial charge in [-0.05, 0) is 24.5 Å². The number of rotatable bonds is 2. The van der Waals surface area contributed by atoms with Crippen LogP contribution in [0.5, 0.6) is 0 Å². The summed E-state index contributed by atoms with van der Waals surface area (Å²) in [7, 11) is 0. The topological polar surface area (TPSA) is 73.2 Å². The molecule has 5 nitrogen and oxygen atoms in total. The molecule has 21 heavy (non-hydrogen) atoms. The average Bonchev–Trinajstić information content (AvgIpc) is 2.73. The first-order valence-corrected chi connectivity index (χ1v) is 7.28. The first-order valence-electron chi connectivity index (χ1n) is 7.28. The molecule has 0 aromatic heterocycles. The van der Waals surface area contributed by atoms with E-state index in [9.17, 15) is 9.59 Å². The van der Waals surface area contributed by atoms with Gasteiger partial charge in [0.15, 0.2) is 0 Å². The molecular weight excluding hydrogens is 266 g/mol. The summed E-state index contributed by atoms with van der Waals surface area (Å²) in [5.74, 6) is -0.139. The van der Waals surface area contributed by atoms with Crippen molar-refractivity contribution in [3.05, 3.63) is 35.4 Å². The number of nitriles is 1. The molecule has 108 valence electrons. The van der Waals surface area contributed by atoms with Crippen molar-refractivity contribution in [2.24, 2.45) is 0 Å². The Morgan fingerprint density at radius 3 is 2.62 bits per heavy atom. The Hall–Kier alpha value is -2.35. The number of imide groups is 1. The van der Waals surface area contributed by atoms with Gasteiger partial charge in [-0.25, -0.2) is 4.79 Å². The molecule has 1 aliphatic carbocycles. The van der Waals surface area contributed by atoms with E-state index in [1.165, 1.54) is 4.90 Å². The molecule has 1 saturated carbocycles. The van der Waals surface area contributed by atoms with Crippen LogP contribution in [0.2, 0.25) is 0 Å². The second-order valence-corrected chi connectivity index (χ2v) is 5.73. The number of urea groups is 1. The van der Waals surface area contributed by atoms with Crippen molar-refractivity contribution in [1.29, 1.82) is 5.26 Å². The zero-order valence-corrected chi connectivity index (χ0v) is 11.8. The Bertz CT molecular complexity index is 627. The van der Waals surface area contributed by atoms with E-state index in [4.69, 9.17) is 5.26 Å². The lowest BCUT2D eigenvalue weighted by Gasteiger charge is -2.30. The lowest BCUT2D eigenvalue weighted by atomic mass is 9.82. The SMILES string of the molecule is N#Cc1ccccc1CN1C(=O)NC2(CCCCC2)C1=O. The quantitative estimate of drug-likeness (QED) is 0.846. The molecular formula is C16H17N3O2. The number of hydrogen-bond acceptors (Lipinski definition) is 3. The Morgan fingerprint density at radius 1 is 1.19 bits per heavy atom. The highest BCUT2D eigenvalue weighted by Gasteiger charge is 2.51. The molecule has 0 unspecified atom stereocenters. The summed E-state index contributed by atoms with van der Waals surface area (Å²) < 4.78 is 0. The average molecular weight is 283 g/mol. The van der Waals surface area contributed by atoms with Crippen LogP contribution < -0.4 is 5.32 Å². The summed E-state index contributed by atoms with van der Waals surface area (Å²) >= 11 is 0. The minimum Gasteiger partial charge on any atom is -0.323 e. The minimum atomic E-state index is -0.697. The number of nitrogens with zero attached hydrogens (tertiary/aromatic N) is 2. The maximum absolute atomic E-state index is 12.7. The molecule has 0 radical (unpaired) electrons. The Labute approximate surface area is 123 Å². The van der Waals surface area contributed by atoms with Gasteiger partial charge in [0.05, 0.1) is 18.2 Å². The summed E-state index contributed by atoms with van der Waals surface area (Å²) in [5, 5.41) is 12.0. The van der Waals surface area contributed by atoms with Crippen molar-refractivity contribution in [1.82, 2.24) is 10.2 Å². The molecule has 2 fully saturated rings. The standard InChI is InChI=1S/C16H17N3O2/c17-10-12-6-2-3-7-13(12)11-19-14(20)16(18-15(19)21)8-4-1-5-9-16/h2-3,6-7H,1,4-5,8-9,11H2,(H,18,21). The van der Waals surface area contributed by atoms with E-state index in [0.717, 1.165) is 19.3 Å². The first kappa shape index (κ1) is 13.6. The molecule has 3 rings (SSSR count). The van der Waals surface area contributed by atoms with E-state index in [-0.39, 0.29) is 18.5 Å². The van der Waals surface area contributed by atoms with Crippen LogP contribution in [0.4, 0.5) is 4.79 Å². The third-order valence-corrected chi connectivity index (χ3v) is 4.42. The van der Waals surface area contributed by atoms with Crippen molar-refractivity contribution in [2.45, 2.75) is 44.2 Å². The number of benzene rings is 1. The normalized spacial score (nSPS) is 20.4. The number of nitrogens with one attached hydrogen (secondary N) is 1. The van der Waals surface area contributed by atoms with Crippen LogP contribution in [0, 0.1) is 11.3 Å². The number of amides is 3. The summed E-state index contributed by atoms with van der Waals surface area (Å²) in [5.41, 5.74) is 0.510. The van der Waals surface area contributed by atoms with Gasteiger partial charge in [-0.15, -0.1) is 0 Å². The molecule has 1 aliphatic heterocycles. The number of carbonyl (C=O) groups excluding carboxylic acids is 2. The fourth-order valence-electron chi connectivity index (χ4n) is 3.25. The number of hydrogen-bond donors (Lipinski definition) is 1. The minimum absolute atomic E-state index is 0.139. The van der Waals surface area contributed by atoms with Gasteiger partial charge >= 0.3 is 6.03 Å². The fourth-order valence-corrected chi connectivity index (χ4v) is 3.25. The maximum Gasteiger partial charge on any atom is 0.325 e. The highest BCUT2D eigenvalue weighted by molar-refractivity contribution is 6.07. The summed E-state index contributed by atoms with van der Waals surface area (Å²) in [6.07, 6.45) is 4.48. The van der Waals surface area contributed by atoms with Crippen molar-refractivity contribution in [3.8, 4) is 6.07 Å². The maximum atomic E-state index is 12.7. The van der Waals surface area contributed by atoms with E-state index in [1.54, 1.807) is 18.2 Å². The van der Waals surface area contributed by atoms with Crippen molar-refractivity contribution < 1.29 is 9.59 Å². The van der Waals surface area contributed by atoms with Gasteiger partial charge in [-0.3, -0.25) is 9.69 Å². The van der Waals surface area contributed by atoms with Gasteiger partial charge in [0, 0.05) is 0 Å². The molecule has 0 bridgehead atoms. The third kappa shape index (κ3) is 2.27. The molecule has 1 N–H and O–H groups in total. The molecule has 5 heteroatoms. The summed E-state index contributed by atoms with van der Waals surface area (Å²) in [6, 6.07) is 8.83. The molecule has 1 spiro atoms. The van der Waals surface area contributed by atoms with Crippen molar-refractivity contribution >= 4 is 11.9 Å². The second-order valence-electron chi connectivity index (χ2n) is 5.73. The van der Waals surface area contributed by atoms with E-state index in [2.05, 4.69) is 11.4 Å². The van der Waals surface area contributed by atoms with E-state index in [1.807, 2.05) is 6.07 Å². The van der Waals surface area contributed by atoms with E-state index < -0.39 is 5.54 Å². The van der Waals surface area contributed by atoms with Gasteiger partial charge in [0.25, 0.3) is 5.91 Å². The van der Waals surface area contributed by atoms with Gasteiger partial charge in [-0.1, -0.05) is 37.5 Å². The molecule has 1 aromatic carbocycles. The summed E-state index contributed by atoms with van der Waals surface area (Å²) in [6.45, 7) is 0.163. The van der Waals surface area contributed by atoms with Crippen LogP contribution >= 0.6 is 0 Å². The molecule has 1 heterocycles. The molecule has 0 atom stereocenters. The van der Waals surface area contributed by atoms with Crippen molar-refractivity contribution in [3.63, 3.8) is 0 Å². The predicted octanol–water partition coefficient (Wildman–Crippen LogP) is 2.31. The first-order chi connectivity index (χ1) is 10.2. The van der Waals surface area contributed by atoms with E-state index in [0.29, 0.717) is 24.0 Å². The lowest BCUT2D eigenvalue weighted by molar-refractivity contribution is -0.132. The molecule has 2 aliphatic rings. The zero-order chi connectivity index (χ0) is 14.9. The van der Waals surface area contributed by atoms with Gasteiger partial charge in [0.1, 0.15) is 5.54 Å². The largest absolute Gasteiger partial charge is 0.325 e. The molecule has 1 aromatic rings. The smallest absolute Gasteiger partial charge is 0.323 e. The lowest BCUT2D eigenvalue weighted by Crippen LogP contribution is -2.48. The highest BCUT2D eigenvalue weighted by atomic mass is 16.2. The van der Waals surface area contributed by atoms with Crippen LogP contribution in [-0.2, 0) is 11.3 Å². The Morgan fingerprint density at radius 2 is 1.90 bits per heavy atom. The third-order valence-electron chi connectivity index (χ3n) is 4.42. The van der Waals surface area contributed by atoms with Gasteiger partial charge in [0.2, 0.25) is 0 Å². The van der Waals surface area contributed by atoms with Crippen molar-refractivity contribution in [2.75, 3.05) is 0 Å². The monoisotopic (exact) mass is 283 g/mol. The molecule has 3 amide bonds. The van der Waals surface area contributed by atoms with Crippen LogP contribution in [0.3, 0.4) is 0 Å². The van der Waals surface area contributed by atoms with Gasteiger partial charge in [-0.2, -0.15) is 5.26 Å². The van der Waals surface area contributed by atoms with Crippen LogP contribution in [0.25, 0.3) is 0 Å². The second kappa shape index (κ2) is 5.21. The van der Waals surface area contributed by atoms with Gasteiger partial charge < -0.3 is 5.32 Å². The zero-order valence-electron chi connectivity index (χ0n) is 11.8. The Kier molecular flexibility index (Phi) is 3.38. The number of carbonyl (C=O) groups is 2.